The number of sulfone groups is 1. The van der Waals surface area contributed by atoms with Crippen molar-refractivity contribution in [1.29, 1.82) is 0 Å². The van der Waals surface area contributed by atoms with E-state index in [1.54, 1.807) is 16.4 Å². The zero-order chi connectivity index (χ0) is 28.3. The number of benzene rings is 1. The number of hydrogen-bond donors (Lipinski definition) is 0. The lowest BCUT2D eigenvalue weighted by Crippen LogP contribution is -2.43. The molecule has 0 aliphatic carbocycles. The Hall–Kier alpha value is -1.95. The summed E-state index contributed by atoms with van der Waals surface area (Å²) >= 11 is 6.07. The highest BCUT2D eigenvalue weighted by Crippen LogP contribution is 2.32. The molecule has 0 saturated heterocycles. The topological polar surface area (TPSA) is 90.7 Å². The standard InChI is InChI=1S/C25H39ClFN3O5SSi/c1-16(2)30(17(3)4)25(31)35-22(19-10-11-21(27)20(26)14-19)23-28-24(36(6,32)33)18(5)29(23)15-34-12-13-37(7,8)9/h10-11,14,16-17,22H,12-13,15H2,1-9H3. The van der Waals surface area contributed by atoms with Crippen molar-refractivity contribution in [3.63, 3.8) is 0 Å². The average molecular weight is 576 g/mol. The average Bonchev–Trinajstić information content (AvgIpc) is 3.06. The Morgan fingerprint density at radius 1 is 1.19 bits per heavy atom. The highest BCUT2D eigenvalue weighted by atomic mass is 35.5. The first-order valence-electron chi connectivity index (χ1n) is 12.2. The van der Waals surface area contributed by atoms with Gasteiger partial charge in [-0.25, -0.2) is 22.6 Å². The molecule has 12 heteroatoms. The van der Waals surface area contributed by atoms with Crippen molar-refractivity contribution in [2.45, 2.75) is 90.2 Å². The molecular weight excluding hydrogens is 537 g/mol. The number of hydrogen-bond acceptors (Lipinski definition) is 6. The molecule has 2 rings (SSSR count). The van der Waals surface area contributed by atoms with Crippen LogP contribution in [0.4, 0.5) is 9.18 Å². The van der Waals surface area contributed by atoms with Gasteiger partial charge < -0.3 is 18.9 Å². The van der Waals surface area contributed by atoms with Crippen LogP contribution in [0.15, 0.2) is 23.2 Å². The van der Waals surface area contributed by atoms with E-state index in [-0.39, 0.29) is 34.7 Å². The summed E-state index contributed by atoms with van der Waals surface area (Å²) in [5.74, 6) is -0.484. The van der Waals surface area contributed by atoms with Gasteiger partial charge in [0, 0.05) is 38.6 Å². The third kappa shape index (κ3) is 8.26. The van der Waals surface area contributed by atoms with Gasteiger partial charge in [-0.1, -0.05) is 37.3 Å². The zero-order valence-corrected chi connectivity index (χ0v) is 25.7. The fourth-order valence-electron chi connectivity index (χ4n) is 3.91. The van der Waals surface area contributed by atoms with Crippen LogP contribution in [0.25, 0.3) is 0 Å². The summed E-state index contributed by atoms with van der Waals surface area (Å²) in [7, 11) is -5.07. The smallest absolute Gasteiger partial charge is 0.411 e. The third-order valence-electron chi connectivity index (χ3n) is 5.80. The van der Waals surface area contributed by atoms with Crippen LogP contribution in [0.1, 0.15) is 50.9 Å². The second kappa shape index (κ2) is 12.3. The van der Waals surface area contributed by atoms with Gasteiger partial charge >= 0.3 is 6.09 Å². The Balaban J connectivity index is 2.65. The minimum atomic E-state index is -3.71. The Morgan fingerprint density at radius 2 is 1.78 bits per heavy atom. The molecule has 208 valence electrons. The van der Waals surface area contributed by atoms with Gasteiger partial charge in [-0.05, 0) is 52.8 Å². The fraction of sp³-hybridized carbons (Fsp3) is 0.600. The van der Waals surface area contributed by atoms with E-state index in [0.717, 1.165) is 12.3 Å². The molecule has 1 aromatic heterocycles. The van der Waals surface area contributed by atoms with Gasteiger partial charge in [0.2, 0.25) is 0 Å². The molecule has 0 spiro atoms. The second-order valence-corrected chi connectivity index (χ2v) is 18.9. The predicted molar refractivity (Wildman–Crippen MR) is 146 cm³/mol. The molecule has 0 aliphatic heterocycles. The number of imidazole rings is 1. The highest BCUT2D eigenvalue weighted by Gasteiger charge is 2.33. The lowest BCUT2D eigenvalue weighted by molar-refractivity contribution is 0.0455. The van der Waals surface area contributed by atoms with Gasteiger partial charge in [0.15, 0.2) is 26.8 Å². The highest BCUT2D eigenvalue weighted by molar-refractivity contribution is 7.90. The van der Waals surface area contributed by atoms with Crippen LogP contribution in [0.3, 0.4) is 0 Å². The van der Waals surface area contributed by atoms with E-state index < -0.39 is 35.9 Å². The molecule has 8 nitrogen and oxygen atoms in total. The van der Waals surface area contributed by atoms with Crippen LogP contribution in [0.5, 0.6) is 0 Å². The molecule has 2 aromatic rings. The van der Waals surface area contributed by atoms with Crippen LogP contribution in [-0.2, 0) is 26.0 Å². The van der Waals surface area contributed by atoms with Crippen molar-refractivity contribution < 1.29 is 27.1 Å². The van der Waals surface area contributed by atoms with Gasteiger partial charge in [0.1, 0.15) is 12.5 Å². The van der Waals surface area contributed by atoms with E-state index in [1.165, 1.54) is 18.2 Å². The molecule has 1 unspecified atom stereocenters. The summed E-state index contributed by atoms with van der Waals surface area (Å²) in [6.07, 6.45) is -0.721. The largest absolute Gasteiger partial charge is 0.433 e. The van der Waals surface area contributed by atoms with E-state index in [2.05, 4.69) is 24.6 Å². The Morgan fingerprint density at radius 3 is 2.27 bits per heavy atom. The number of amides is 1. The Bertz CT molecular complexity index is 1200. The van der Waals surface area contributed by atoms with Crippen molar-refractivity contribution in [1.82, 2.24) is 14.5 Å². The number of ether oxygens (including phenoxy) is 2. The summed E-state index contributed by atoms with van der Waals surface area (Å²) in [6, 6.07) is 4.55. The van der Waals surface area contributed by atoms with Crippen molar-refractivity contribution in [2.75, 3.05) is 12.9 Å². The minimum Gasteiger partial charge on any atom is -0.433 e. The molecule has 0 bridgehead atoms. The van der Waals surface area contributed by atoms with Crippen LogP contribution >= 0.6 is 11.6 Å². The second-order valence-electron chi connectivity index (χ2n) is 10.9. The quantitative estimate of drug-likeness (QED) is 0.239. The lowest BCUT2D eigenvalue weighted by atomic mass is 10.1. The molecule has 1 amide bonds. The molecule has 0 saturated carbocycles. The number of carbonyl (C=O) groups excluding carboxylic acids is 1. The van der Waals surface area contributed by atoms with Crippen molar-refractivity contribution in [3.8, 4) is 0 Å². The fourth-order valence-corrected chi connectivity index (χ4v) is 5.76. The van der Waals surface area contributed by atoms with E-state index >= 15 is 0 Å². The van der Waals surface area contributed by atoms with Crippen molar-refractivity contribution in [2.24, 2.45) is 0 Å². The van der Waals surface area contributed by atoms with Crippen LogP contribution in [-0.4, -0.2) is 62.0 Å². The molecule has 0 radical (unpaired) electrons. The number of rotatable bonds is 11. The SMILES string of the molecule is Cc1c(S(C)(=O)=O)nc(C(OC(=O)N(C(C)C)C(C)C)c2ccc(F)c(Cl)c2)n1COCC[Si](C)(C)C. The van der Waals surface area contributed by atoms with Gasteiger partial charge in [-0.3, -0.25) is 0 Å². The third-order valence-corrected chi connectivity index (χ3v) is 8.88. The first-order valence-corrected chi connectivity index (χ1v) is 18.2. The van der Waals surface area contributed by atoms with Crippen LogP contribution in [0, 0.1) is 12.7 Å². The first kappa shape index (κ1) is 31.3. The molecule has 0 N–H and O–H groups in total. The maximum atomic E-state index is 14.0. The Kier molecular flexibility index (Phi) is 10.4. The molecule has 1 aromatic carbocycles. The van der Waals surface area contributed by atoms with Crippen molar-refractivity contribution in [3.05, 3.63) is 46.1 Å². The van der Waals surface area contributed by atoms with Gasteiger partial charge in [0.25, 0.3) is 0 Å². The van der Waals surface area contributed by atoms with Crippen LogP contribution < -0.4 is 0 Å². The molecule has 0 aliphatic rings. The van der Waals surface area contributed by atoms with Gasteiger partial charge in [0.05, 0.1) is 10.7 Å². The number of halogens is 2. The number of carbonyl (C=O) groups is 1. The molecule has 1 atom stereocenters. The lowest BCUT2D eigenvalue weighted by Gasteiger charge is -2.31. The summed E-state index contributed by atoms with van der Waals surface area (Å²) in [6.45, 7) is 16.3. The van der Waals surface area contributed by atoms with Gasteiger partial charge in [-0.2, -0.15) is 0 Å². The van der Waals surface area contributed by atoms with Gasteiger partial charge in [-0.15, -0.1) is 0 Å². The summed E-state index contributed by atoms with van der Waals surface area (Å²) < 4.78 is 52.6. The van der Waals surface area contributed by atoms with Crippen molar-refractivity contribution >= 4 is 35.6 Å². The first-order chi connectivity index (χ1) is 16.9. The number of nitrogens with zero attached hydrogens (tertiary/aromatic N) is 3. The Labute approximate surface area is 226 Å². The van der Waals surface area contributed by atoms with E-state index in [4.69, 9.17) is 21.1 Å². The zero-order valence-electron chi connectivity index (χ0n) is 23.1. The summed E-state index contributed by atoms with van der Waals surface area (Å²) in [5.41, 5.74) is 0.699. The van der Waals surface area contributed by atoms with E-state index in [9.17, 15) is 17.6 Å². The van der Waals surface area contributed by atoms with E-state index in [0.29, 0.717) is 17.9 Å². The normalized spacial score (nSPS) is 13.3. The van der Waals surface area contributed by atoms with Crippen LogP contribution in [0.2, 0.25) is 30.7 Å². The number of aromatic nitrogens is 2. The molecule has 1 heterocycles. The molecular formula is C25H39ClFN3O5SSi. The summed E-state index contributed by atoms with van der Waals surface area (Å²) in [4.78, 5) is 19.3. The monoisotopic (exact) mass is 575 g/mol. The maximum Gasteiger partial charge on any atom is 0.411 e. The summed E-state index contributed by atoms with van der Waals surface area (Å²) in [5, 5.41) is -0.303. The predicted octanol–water partition coefficient (Wildman–Crippen LogP) is 6.04. The molecule has 0 fully saturated rings. The maximum absolute atomic E-state index is 14.0. The molecule has 37 heavy (non-hydrogen) atoms. The minimum absolute atomic E-state index is 0.00915. The van der Waals surface area contributed by atoms with E-state index in [1.807, 2.05) is 27.7 Å².